The van der Waals surface area contributed by atoms with E-state index in [4.69, 9.17) is 4.74 Å². The topological polar surface area (TPSA) is 87.6 Å². The highest BCUT2D eigenvalue weighted by Gasteiger charge is 2.16. The number of hydrogen-bond acceptors (Lipinski definition) is 8. The molecule has 2 N–H and O–H groups in total. The molecular weight excluding hydrogens is 366 g/mol. The summed E-state index contributed by atoms with van der Waals surface area (Å²) in [5.41, 5.74) is 6.02. The maximum atomic E-state index is 5.43. The van der Waals surface area contributed by atoms with Gasteiger partial charge < -0.3 is 15.0 Å². The van der Waals surface area contributed by atoms with Crippen molar-refractivity contribution in [2.75, 3.05) is 41.9 Å². The highest BCUT2D eigenvalue weighted by atomic mass is 16.5. The summed E-state index contributed by atoms with van der Waals surface area (Å²) in [6, 6.07) is 17.8. The number of aromatic nitrogens is 3. The first kappa shape index (κ1) is 18.8. The van der Waals surface area contributed by atoms with Crippen LogP contribution in [0.1, 0.15) is 11.1 Å². The van der Waals surface area contributed by atoms with Gasteiger partial charge in [0.1, 0.15) is 0 Å². The van der Waals surface area contributed by atoms with Crippen LogP contribution in [0.4, 0.5) is 23.5 Å². The minimum atomic E-state index is 0.379. The zero-order valence-electron chi connectivity index (χ0n) is 16.2. The van der Waals surface area contributed by atoms with Crippen molar-refractivity contribution in [3.05, 3.63) is 65.7 Å². The second kappa shape index (κ2) is 9.11. The maximum absolute atomic E-state index is 5.43. The SMILES string of the molecule is Cc1ccccc1/C=N\Nc1nc(Nc2ccccc2)nc(N2CCOCC2)n1. The highest BCUT2D eigenvalue weighted by molar-refractivity contribution is 5.81. The Morgan fingerprint density at radius 2 is 1.66 bits per heavy atom. The van der Waals surface area contributed by atoms with Gasteiger partial charge in [-0.2, -0.15) is 20.1 Å². The second-order valence-corrected chi connectivity index (χ2v) is 6.60. The van der Waals surface area contributed by atoms with Crippen LogP contribution in [0.15, 0.2) is 59.7 Å². The molecule has 8 nitrogen and oxygen atoms in total. The molecule has 1 saturated heterocycles. The zero-order valence-corrected chi connectivity index (χ0v) is 16.2. The molecule has 1 fully saturated rings. The van der Waals surface area contributed by atoms with Gasteiger partial charge >= 0.3 is 0 Å². The van der Waals surface area contributed by atoms with Crippen LogP contribution in [0, 0.1) is 6.92 Å². The van der Waals surface area contributed by atoms with E-state index < -0.39 is 0 Å². The Balaban J connectivity index is 1.57. The van der Waals surface area contributed by atoms with E-state index in [1.165, 1.54) is 0 Å². The molecule has 3 aromatic rings. The predicted octanol–water partition coefficient (Wildman–Crippen LogP) is 3.21. The van der Waals surface area contributed by atoms with Crippen molar-refractivity contribution < 1.29 is 4.74 Å². The number of aryl methyl sites for hydroxylation is 1. The summed E-state index contributed by atoms with van der Waals surface area (Å²) in [7, 11) is 0. The lowest BCUT2D eigenvalue weighted by atomic mass is 10.1. The van der Waals surface area contributed by atoms with Crippen molar-refractivity contribution in [3.63, 3.8) is 0 Å². The van der Waals surface area contributed by atoms with Crippen LogP contribution in [0.2, 0.25) is 0 Å². The van der Waals surface area contributed by atoms with E-state index in [2.05, 4.69) is 35.7 Å². The van der Waals surface area contributed by atoms with Crippen LogP contribution < -0.4 is 15.6 Å². The van der Waals surface area contributed by atoms with Gasteiger partial charge in [0.2, 0.25) is 17.8 Å². The Hall–Kier alpha value is -3.52. The van der Waals surface area contributed by atoms with Gasteiger partial charge in [-0.1, -0.05) is 42.5 Å². The maximum Gasteiger partial charge on any atom is 0.250 e. The minimum absolute atomic E-state index is 0.379. The van der Waals surface area contributed by atoms with E-state index in [1.54, 1.807) is 6.21 Å². The summed E-state index contributed by atoms with van der Waals surface area (Å²) >= 11 is 0. The summed E-state index contributed by atoms with van der Waals surface area (Å²) in [6.45, 7) is 4.83. The standard InChI is InChI=1S/C21H23N7O/c1-16-7-5-6-8-17(16)15-22-27-20-24-19(23-18-9-3-2-4-10-18)25-21(26-20)28-11-13-29-14-12-28/h2-10,15H,11-14H2,1H3,(H2,23,24,25,26,27)/b22-15-. The largest absolute Gasteiger partial charge is 0.378 e. The van der Waals surface area contributed by atoms with Crippen molar-refractivity contribution in [2.24, 2.45) is 5.10 Å². The molecule has 0 spiro atoms. The van der Waals surface area contributed by atoms with Gasteiger partial charge in [-0.3, -0.25) is 0 Å². The van der Waals surface area contributed by atoms with Crippen molar-refractivity contribution in [2.45, 2.75) is 6.92 Å². The molecule has 1 aromatic heterocycles. The number of hydrogen-bond donors (Lipinski definition) is 2. The first-order valence-corrected chi connectivity index (χ1v) is 9.53. The number of para-hydroxylation sites is 1. The van der Waals surface area contributed by atoms with Gasteiger partial charge in [-0.05, 0) is 30.2 Å². The fraction of sp³-hybridized carbons (Fsp3) is 0.238. The summed E-state index contributed by atoms with van der Waals surface area (Å²) in [5, 5.41) is 7.54. The first-order chi connectivity index (χ1) is 14.3. The molecule has 8 heteroatoms. The molecule has 0 aliphatic carbocycles. The lowest BCUT2D eigenvalue weighted by Crippen LogP contribution is -2.37. The van der Waals surface area contributed by atoms with E-state index in [0.29, 0.717) is 31.1 Å². The summed E-state index contributed by atoms with van der Waals surface area (Å²) < 4.78 is 5.43. The molecule has 148 valence electrons. The predicted molar refractivity (Wildman–Crippen MR) is 115 cm³/mol. The molecule has 0 atom stereocenters. The van der Waals surface area contributed by atoms with Crippen molar-refractivity contribution in [1.29, 1.82) is 0 Å². The van der Waals surface area contributed by atoms with Crippen LogP contribution in [0.25, 0.3) is 0 Å². The summed E-state index contributed by atoms with van der Waals surface area (Å²) in [5.74, 6) is 1.43. The van der Waals surface area contributed by atoms with E-state index in [9.17, 15) is 0 Å². The third-order valence-electron chi connectivity index (χ3n) is 4.50. The van der Waals surface area contributed by atoms with Gasteiger partial charge in [0.05, 0.1) is 19.4 Å². The molecule has 0 bridgehead atoms. The number of anilines is 4. The van der Waals surface area contributed by atoms with Gasteiger partial charge in [-0.25, -0.2) is 5.43 Å². The number of morpholine rings is 1. The average Bonchev–Trinajstić information content (AvgIpc) is 2.76. The number of rotatable bonds is 6. The lowest BCUT2D eigenvalue weighted by molar-refractivity contribution is 0.122. The molecular formula is C21H23N7O. The molecule has 0 saturated carbocycles. The van der Waals surface area contributed by atoms with E-state index in [0.717, 1.165) is 29.9 Å². The molecule has 0 unspecified atom stereocenters. The number of hydrazone groups is 1. The fourth-order valence-corrected chi connectivity index (χ4v) is 2.92. The zero-order chi connectivity index (χ0) is 19.9. The Morgan fingerprint density at radius 3 is 2.45 bits per heavy atom. The normalized spacial score (nSPS) is 14.2. The molecule has 1 aliphatic rings. The molecule has 2 heterocycles. The summed E-state index contributed by atoms with van der Waals surface area (Å²) in [6.07, 6.45) is 1.76. The van der Waals surface area contributed by atoms with E-state index in [-0.39, 0.29) is 0 Å². The van der Waals surface area contributed by atoms with Crippen molar-refractivity contribution >= 4 is 29.7 Å². The molecule has 4 rings (SSSR count). The molecule has 0 radical (unpaired) electrons. The number of nitrogens with one attached hydrogen (secondary N) is 2. The third kappa shape index (κ3) is 5.05. The first-order valence-electron chi connectivity index (χ1n) is 9.53. The quantitative estimate of drug-likeness (QED) is 0.494. The minimum Gasteiger partial charge on any atom is -0.378 e. The van der Waals surface area contributed by atoms with Crippen LogP contribution in [-0.4, -0.2) is 47.5 Å². The van der Waals surface area contributed by atoms with Crippen molar-refractivity contribution in [3.8, 4) is 0 Å². The van der Waals surface area contributed by atoms with Crippen LogP contribution in [0.5, 0.6) is 0 Å². The van der Waals surface area contributed by atoms with Crippen molar-refractivity contribution in [1.82, 2.24) is 15.0 Å². The molecule has 1 aliphatic heterocycles. The van der Waals surface area contributed by atoms with Gasteiger partial charge in [-0.15, -0.1) is 0 Å². The smallest absolute Gasteiger partial charge is 0.250 e. The molecule has 0 amide bonds. The van der Waals surface area contributed by atoms with Crippen LogP contribution >= 0.6 is 0 Å². The number of nitrogens with zero attached hydrogens (tertiary/aromatic N) is 5. The Bertz CT molecular complexity index is 972. The average molecular weight is 389 g/mol. The van der Waals surface area contributed by atoms with Crippen LogP contribution in [0.3, 0.4) is 0 Å². The van der Waals surface area contributed by atoms with Gasteiger partial charge in [0.15, 0.2) is 0 Å². The second-order valence-electron chi connectivity index (χ2n) is 6.60. The Labute approximate surface area is 169 Å². The lowest BCUT2D eigenvalue weighted by Gasteiger charge is -2.27. The highest BCUT2D eigenvalue weighted by Crippen LogP contribution is 2.18. The monoisotopic (exact) mass is 389 g/mol. The molecule has 29 heavy (non-hydrogen) atoms. The van der Waals surface area contributed by atoms with Gasteiger partial charge in [0.25, 0.3) is 0 Å². The van der Waals surface area contributed by atoms with Crippen LogP contribution in [-0.2, 0) is 4.74 Å². The number of ether oxygens (including phenoxy) is 1. The summed E-state index contributed by atoms with van der Waals surface area (Å²) in [4.78, 5) is 15.7. The third-order valence-corrected chi connectivity index (χ3v) is 4.50. The number of benzene rings is 2. The van der Waals surface area contributed by atoms with E-state index >= 15 is 0 Å². The Morgan fingerprint density at radius 1 is 0.931 bits per heavy atom. The molecule has 2 aromatic carbocycles. The fourth-order valence-electron chi connectivity index (χ4n) is 2.92. The van der Waals surface area contributed by atoms with E-state index in [1.807, 2.05) is 61.5 Å². The van der Waals surface area contributed by atoms with Gasteiger partial charge in [0, 0.05) is 18.8 Å². The Kier molecular flexibility index (Phi) is 5.92.